The van der Waals surface area contributed by atoms with Crippen molar-refractivity contribution in [3.63, 3.8) is 0 Å². The van der Waals surface area contributed by atoms with Crippen molar-refractivity contribution in [2.24, 2.45) is 0 Å². The van der Waals surface area contributed by atoms with E-state index in [0.29, 0.717) is 11.3 Å². The summed E-state index contributed by atoms with van der Waals surface area (Å²) in [7, 11) is 0. The number of amides is 1. The van der Waals surface area contributed by atoms with Crippen LogP contribution in [0.3, 0.4) is 0 Å². The Hall–Kier alpha value is -2.82. The third kappa shape index (κ3) is 2.72. The van der Waals surface area contributed by atoms with E-state index >= 15 is 0 Å². The monoisotopic (exact) mass is 280 g/mol. The molecule has 1 unspecified atom stereocenters. The normalized spacial score (nSPS) is 12.2. The number of hydrogen-bond acceptors (Lipinski definition) is 3. The first kappa shape index (κ1) is 13.2. The molecule has 106 valence electrons. The summed E-state index contributed by atoms with van der Waals surface area (Å²) in [4.78, 5) is 19.9. The molecule has 0 fully saturated rings. The lowest BCUT2D eigenvalue weighted by molar-refractivity contribution is 0.0938. The number of carbonyl (C=O) groups is 1. The van der Waals surface area contributed by atoms with Gasteiger partial charge >= 0.3 is 0 Å². The third-order valence-electron chi connectivity index (χ3n) is 3.34. The standard InChI is InChI=1S/C16H16N4O/c1-10(15-19-13-4-2-3-5-14(13)20-15)18-16(21)11-6-8-12(17)9-7-11/h2-10H,17H2,1H3,(H,18,21)(H,19,20). The Labute approximate surface area is 122 Å². The molecule has 0 spiro atoms. The lowest BCUT2D eigenvalue weighted by Crippen LogP contribution is -2.27. The zero-order chi connectivity index (χ0) is 14.8. The Morgan fingerprint density at radius 3 is 2.62 bits per heavy atom. The summed E-state index contributed by atoms with van der Waals surface area (Å²) >= 11 is 0. The molecule has 0 saturated carbocycles. The number of nitrogens with two attached hydrogens (primary N) is 1. The minimum absolute atomic E-state index is 0.150. The molecule has 0 bridgehead atoms. The van der Waals surface area contributed by atoms with Gasteiger partial charge in [-0.1, -0.05) is 12.1 Å². The fourth-order valence-corrected chi connectivity index (χ4v) is 2.16. The van der Waals surface area contributed by atoms with Gasteiger partial charge in [-0.2, -0.15) is 0 Å². The summed E-state index contributed by atoms with van der Waals surface area (Å²) in [6, 6.07) is 14.4. The second-order valence-corrected chi connectivity index (χ2v) is 4.96. The van der Waals surface area contributed by atoms with Gasteiger partial charge in [0.1, 0.15) is 5.82 Å². The maximum absolute atomic E-state index is 12.2. The Morgan fingerprint density at radius 2 is 1.90 bits per heavy atom. The number of nitrogens with zero attached hydrogens (tertiary/aromatic N) is 1. The number of benzene rings is 2. The molecule has 1 atom stereocenters. The van der Waals surface area contributed by atoms with Crippen molar-refractivity contribution in [3.05, 3.63) is 59.9 Å². The van der Waals surface area contributed by atoms with Gasteiger partial charge in [-0.05, 0) is 43.3 Å². The molecule has 1 aromatic heterocycles. The molecule has 21 heavy (non-hydrogen) atoms. The summed E-state index contributed by atoms with van der Waals surface area (Å²) in [5, 5.41) is 2.92. The number of fused-ring (bicyclic) bond motifs is 1. The molecule has 0 aliphatic rings. The summed E-state index contributed by atoms with van der Waals surface area (Å²) in [5.41, 5.74) is 8.68. The Morgan fingerprint density at radius 1 is 1.19 bits per heavy atom. The Bertz CT molecular complexity index is 743. The number of anilines is 1. The number of nitrogen functional groups attached to an aromatic ring is 1. The topological polar surface area (TPSA) is 83.8 Å². The highest BCUT2D eigenvalue weighted by Crippen LogP contribution is 2.16. The van der Waals surface area contributed by atoms with E-state index in [1.807, 2.05) is 31.2 Å². The number of rotatable bonds is 3. The molecule has 1 amide bonds. The van der Waals surface area contributed by atoms with Gasteiger partial charge in [0.25, 0.3) is 5.91 Å². The second-order valence-electron chi connectivity index (χ2n) is 4.96. The van der Waals surface area contributed by atoms with Gasteiger partial charge in [0, 0.05) is 11.3 Å². The average molecular weight is 280 g/mol. The molecule has 3 rings (SSSR count). The first-order chi connectivity index (χ1) is 10.1. The molecule has 0 saturated heterocycles. The van der Waals surface area contributed by atoms with Crippen LogP contribution < -0.4 is 11.1 Å². The van der Waals surface area contributed by atoms with Crippen molar-refractivity contribution in [1.29, 1.82) is 0 Å². The van der Waals surface area contributed by atoms with E-state index in [2.05, 4.69) is 15.3 Å². The zero-order valence-corrected chi connectivity index (χ0v) is 11.6. The third-order valence-corrected chi connectivity index (χ3v) is 3.34. The van der Waals surface area contributed by atoms with E-state index < -0.39 is 0 Å². The van der Waals surface area contributed by atoms with Crippen molar-refractivity contribution in [1.82, 2.24) is 15.3 Å². The highest BCUT2D eigenvalue weighted by atomic mass is 16.1. The molecule has 0 aliphatic heterocycles. The molecule has 5 heteroatoms. The maximum atomic E-state index is 12.2. The lowest BCUT2D eigenvalue weighted by Gasteiger charge is -2.11. The number of nitrogens with one attached hydrogen (secondary N) is 2. The van der Waals surface area contributed by atoms with Crippen LogP contribution in [0.5, 0.6) is 0 Å². The van der Waals surface area contributed by atoms with Crippen molar-refractivity contribution in [3.8, 4) is 0 Å². The van der Waals surface area contributed by atoms with Gasteiger partial charge < -0.3 is 16.0 Å². The molecule has 1 heterocycles. The molecular weight excluding hydrogens is 264 g/mol. The van der Waals surface area contributed by atoms with Gasteiger partial charge in [0.15, 0.2) is 0 Å². The molecule has 2 aromatic carbocycles. The quantitative estimate of drug-likeness (QED) is 0.645. The van der Waals surface area contributed by atoms with Gasteiger partial charge in [-0.15, -0.1) is 0 Å². The van der Waals surface area contributed by atoms with Crippen LogP contribution in [0.15, 0.2) is 48.5 Å². The van der Waals surface area contributed by atoms with E-state index in [1.165, 1.54) is 0 Å². The summed E-state index contributed by atoms with van der Waals surface area (Å²) in [6.45, 7) is 1.90. The van der Waals surface area contributed by atoms with Crippen molar-refractivity contribution in [2.75, 3.05) is 5.73 Å². The van der Waals surface area contributed by atoms with Crippen LogP contribution in [0, 0.1) is 0 Å². The number of aromatic nitrogens is 2. The largest absolute Gasteiger partial charge is 0.399 e. The van der Waals surface area contributed by atoms with Crippen molar-refractivity contribution >= 4 is 22.6 Å². The first-order valence-electron chi connectivity index (χ1n) is 6.74. The molecular formula is C16H16N4O. The summed E-state index contributed by atoms with van der Waals surface area (Å²) in [5.74, 6) is 0.586. The fourth-order valence-electron chi connectivity index (χ4n) is 2.16. The maximum Gasteiger partial charge on any atom is 0.251 e. The number of aromatic amines is 1. The van der Waals surface area contributed by atoms with Crippen molar-refractivity contribution < 1.29 is 4.79 Å². The van der Waals surface area contributed by atoms with E-state index in [4.69, 9.17) is 5.73 Å². The van der Waals surface area contributed by atoms with Crippen LogP contribution in [0.2, 0.25) is 0 Å². The van der Waals surface area contributed by atoms with E-state index in [-0.39, 0.29) is 11.9 Å². The highest BCUT2D eigenvalue weighted by molar-refractivity contribution is 5.94. The predicted molar refractivity (Wildman–Crippen MR) is 82.8 cm³/mol. The van der Waals surface area contributed by atoms with Crippen LogP contribution in [0.4, 0.5) is 5.69 Å². The van der Waals surface area contributed by atoms with Crippen molar-refractivity contribution in [2.45, 2.75) is 13.0 Å². The smallest absolute Gasteiger partial charge is 0.251 e. The van der Waals surface area contributed by atoms with E-state index in [1.54, 1.807) is 24.3 Å². The van der Waals surface area contributed by atoms with Crippen LogP contribution in [-0.2, 0) is 0 Å². The minimum atomic E-state index is -0.206. The number of para-hydroxylation sites is 2. The van der Waals surface area contributed by atoms with Gasteiger partial charge in [0.2, 0.25) is 0 Å². The van der Waals surface area contributed by atoms with E-state index in [9.17, 15) is 4.79 Å². The Kier molecular flexibility index (Phi) is 3.31. The SMILES string of the molecule is CC(NC(=O)c1ccc(N)cc1)c1nc2ccccc2[nH]1. The highest BCUT2D eigenvalue weighted by Gasteiger charge is 2.14. The van der Waals surface area contributed by atoms with Gasteiger partial charge in [-0.25, -0.2) is 4.98 Å². The minimum Gasteiger partial charge on any atom is -0.399 e. The number of carbonyl (C=O) groups excluding carboxylic acids is 1. The van der Waals surface area contributed by atoms with Crippen LogP contribution >= 0.6 is 0 Å². The first-order valence-corrected chi connectivity index (χ1v) is 6.74. The van der Waals surface area contributed by atoms with Crippen LogP contribution in [-0.4, -0.2) is 15.9 Å². The summed E-state index contributed by atoms with van der Waals surface area (Å²) in [6.07, 6.45) is 0. The summed E-state index contributed by atoms with van der Waals surface area (Å²) < 4.78 is 0. The van der Waals surface area contributed by atoms with Crippen LogP contribution in [0.25, 0.3) is 11.0 Å². The van der Waals surface area contributed by atoms with Gasteiger partial charge in [-0.3, -0.25) is 4.79 Å². The molecule has 4 N–H and O–H groups in total. The number of H-pyrrole nitrogens is 1. The Balaban J connectivity index is 1.77. The lowest BCUT2D eigenvalue weighted by atomic mass is 10.2. The molecule has 0 aliphatic carbocycles. The molecule has 0 radical (unpaired) electrons. The van der Waals surface area contributed by atoms with E-state index in [0.717, 1.165) is 16.9 Å². The number of imidazole rings is 1. The number of hydrogen-bond donors (Lipinski definition) is 3. The second kappa shape index (κ2) is 5.28. The zero-order valence-electron chi connectivity index (χ0n) is 11.6. The van der Waals surface area contributed by atoms with Gasteiger partial charge in [0.05, 0.1) is 17.1 Å². The fraction of sp³-hybridized carbons (Fsp3) is 0.125. The molecule has 3 aromatic rings. The predicted octanol–water partition coefficient (Wildman–Crippen LogP) is 2.64. The van der Waals surface area contributed by atoms with Crippen LogP contribution in [0.1, 0.15) is 29.1 Å². The average Bonchev–Trinajstić information content (AvgIpc) is 2.92. The molecule has 5 nitrogen and oxygen atoms in total.